The number of carbonyl (C=O) groups is 3. The van der Waals surface area contributed by atoms with Gasteiger partial charge in [0.1, 0.15) is 22.8 Å². The van der Waals surface area contributed by atoms with Gasteiger partial charge in [-0.1, -0.05) is 48.5 Å². The molecule has 0 saturated heterocycles. The summed E-state index contributed by atoms with van der Waals surface area (Å²) >= 11 is 0. The van der Waals surface area contributed by atoms with Gasteiger partial charge in [0.25, 0.3) is 5.91 Å². The molecule has 0 unspecified atom stereocenters. The van der Waals surface area contributed by atoms with Crippen LogP contribution in [-0.2, 0) is 33.8 Å². The van der Waals surface area contributed by atoms with E-state index in [1.54, 1.807) is 6.07 Å². The Bertz CT molecular complexity index is 1770. The molecule has 0 aliphatic heterocycles. The molecule has 6 rings (SSSR count). The topological polar surface area (TPSA) is 170 Å². The summed E-state index contributed by atoms with van der Waals surface area (Å²) in [6.07, 6.45) is 0.880. The molecule has 0 radical (unpaired) electrons. The highest BCUT2D eigenvalue weighted by Gasteiger charge is 2.60. The molecule has 7 N–H and O–H groups in total. The third kappa shape index (κ3) is 4.69. The SMILES string of the molecule is Cc1ccc(CNCCc2ccccc2)cc1-c1ccc(O)c2c1C[C@H]1C[C@H]3CC(=O)C(C(N)=O)=C(O)[C@@]3(O)C(=O)C1=C2O. The number of carbonyl (C=O) groups excluding carboxylic acids is 3. The maximum atomic E-state index is 13.8. The number of aryl methyl sites for hydroxylation is 1. The van der Waals surface area contributed by atoms with Crippen LogP contribution in [0.5, 0.6) is 5.75 Å². The summed E-state index contributed by atoms with van der Waals surface area (Å²) in [5.74, 6) is -6.41. The zero-order valence-corrected chi connectivity index (χ0v) is 24.3. The molecule has 0 heterocycles. The number of hydrogen-bond acceptors (Lipinski definition) is 8. The highest BCUT2D eigenvalue weighted by Crippen LogP contribution is 2.53. The smallest absolute Gasteiger partial charge is 0.255 e. The zero-order chi connectivity index (χ0) is 31.3. The number of rotatable bonds is 7. The van der Waals surface area contributed by atoms with Crippen molar-refractivity contribution < 1.29 is 34.8 Å². The fraction of sp³-hybridized carbons (Fsp3) is 0.286. The number of aromatic hydroxyl groups is 1. The number of nitrogens with one attached hydrogen (secondary N) is 1. The Morgan fingerprint density at radius 1 is 0.977 bits per heavy atom. The van der Waals surface area contributed by atoms with Gasteiger partial charge in [-0.05, 0) is 84.2 Å². The van der Waals surface area contributed by atoms with Crippen LogP contribution in [0, 0.1) is 18.8 Å². The summed E-state index contributed by atoms with van der Waals surface area (Å²) in [6, 6.07) is 19.6. The second-order valence-electron chi connectivity index (χ2n) is 12.0. The van der Waals surface area contributed by atoms with E-state index in [0.717, 1.165) is 35.2 Å². The Morgan fingerprint density at radius 3 is 2.45 bits per heavy atom. The number of Topliss-reactive ketones (excluding diaryl/α,β-unsaturated/α-hetero) is 2. The van der Waals surface area contributed by atoms with Crippen molar-refractivity contribution >= 4 is 23.2 Å². The minimum Gasteiger partial charge on any atom is -0.508 e. The number of aliphatic hydroxyl groups excluding tert-OH is 2. The lowest BCUT2D eigenvalue weighted by molar-refractivity contribution is -0.147. The van der Waals surface area contributed by atoms with Gasteiger partial charge in [-0.25, -0.2) is 0 Å². The van der Waals surface area contributed by atoms with E-state index in [1.807, 2.05) is 31.2 Å². The maximum absolute atomic E-state index is 13.8. The van der Waals surface area contributed by atoms with E-state index in [1.165, 1.54) is 11.6 Å². The molecule has 226 valence electrons. The third-order valence-corrected chi connectivity index (χ3v) is 9.30. The van der Waals surface area contributed by atoms with Gasteiger partial charge in [0, 0.05) is 24.5 Å². The molecule has 1 saturated carbocycles. The molecule has 3 aromatic rings. The number of primary amides is 1. The quantitative estimate of drug-likeness (QED) is 0.178. The molecule has 3 atom stereocenters. The van der Waals surface area contributed by atoms with Gasteiger partial charge < -0.3 is 31.5 Å². The first-order valence-corrected chi connectivity index (χ1v) is 14.7. The average Bonchev–Trinajstić information content (AvgIpc) is 2.98. The van der Waals surface area contributed by atoms with Crippen molar-refractivity contribution in [1.82, 2.24) is 5.32 Å². The Labute approximate surface area is 254 Å². The van der Waals surface area contributed by atoms with Crippen molar-refractivity contribution in [3.8, 4) is 16.9 Å². The van der Waals surface area contributed by atoms with Crippen molar-refractivity contribution in [3.63, 3.8) is 0 Å². The fourth-order valence-corrected chi connectivity index (χ4v) is 7.05. The largest absolute Gasteiger partial charge is 0.508 e. The van der Waals surface area contributed by atoms with Crippen LogP contribution in [-0.4, -0.2) is 50.0 Å². The summed E-state index contributed by atoms with van der Waals surface area (Å²) in [6.45, 7) is 3.43. The summed E-state index contributed by atoms with van der Waals surface area (Å²) in [7, 11) is 0. The minimum absolute atomic E-state index is 0.0837. The predicted molar refractivity (Wildman–Crippen MR) is 163 cm³/mol. The van der Waals surface area contributed by atoms with Crippen LogP contribution in [0.4, 0.5) is 0 Å². The van der Waals surface area contributed by atoms with Crippen LogP contribution in [0.3, 0.4) is 0 Å². The van der Waals surface area contributed by atoms with E-state index < -0.39 is 52.0 Å². The van der Waals surface area contributed by atoms with E-state index in [-0.39, 0.29) is 36.1 Å². The molecule has 44 heavy (non-hydrogen) atoms. The second-order valence-corrected chi connectivity index (χ2v) is 12.0. The molecule has 0 spiro atoms. The Hall–Kier alpha value is -4.73. The molecule has 3 aromatic carbocycles. The van der Waals surface area contributed by atoms with Crippen LogP contribution in [0.15, 0.2) is 77.6 Å². The first-order valence-electron chi connectivity index (χ1n) is 14.7. The summed E-state index contributed by atoms with van der Waals surface area (Å²) in [5.41, 5.74) is 7.47. The lowest BCUT2D eigenvalue weighted by Gasteiger charge is -2.46. The molecule has 1 fully saturated rings. The van der Waals surface area contributed by atoms with Crippen LogP contribution in [0.2, 0.25) is 0 Å². The lowest BCUT2D eigenvalue weighted by Crippen LogP contribution is -2.58. The maximum Gasteiger partial charge on any atom is 0.255 e. The van der Waals surface area contributed by atoms with Gasteiger partial charge in [-0.15, -0.1) is 0 Å². The highest BCUT2D eigenvalue weighted by molar-refractivity contribution is 6.22. The molecule has 0 bridgehead atoms. The second kappa shape index (κ2) is 11.1. The molecule has 1 amide bonds. The van der Waals surface area contributed by atoms with E-state index in [9.17, 15) is 34.8 Å². The number of hydrogen-bond donors (Lipinski definition) is 6. The van der Waals surface area contributed by atoms with Gasteiger partial charge in [0.15, 0.2) is 11.4 Å². The zero-order valence-electron chi connectivity index (χ0n) is 24.3. The summed E-state index contributed by atoms with van der Waals surface area (Å²) < 4.78 is 0. The summed E-state index contributed by atoms with van der Waals surface area (Å²) in [4.78, 5) is 38.3. The lowest BCUT2D eigenvalue weighted by atomic mass is 9.59. The number of phenols is 1. The first kappa shape index (κ1) is 29.3. The fourth-order valence-electron chi connectivity index (χ4n) is 7.05. The number of amides is 1. The Kier molecular flexibility index (Phi) is 7.39. The molecule has 0 aromatic heterocycles. The standard InChI is InChI=1S/C35H34N2O7/c1-18-7-8-20(17-37-12-11-19-5-3-2-4-6-19)13-24(18)23-9-10-26(38)29-25(23)15-21-14-22-16-27(39)30(34(36)43)33(42)35(22,44)32(41)28(21)31(29)40/h2-10,13,21-22,37-38,40,42,44H,11-12,14-17H2,1H3,(H2,36,43)/t21-,22+,35+/m1/s1. The number of benzene rings is 3. The Morgan fingerprint density at radius 2 is 1.73 bits per heavy atom. The van der Waals surface area contributed by atoms with Crippen molar-refractivity contribution in [1.29, 1.82) is 0 Å². The Balaban J connectivity index is 1.35. The van der Waals surface area contributed by atoms with Crippen molar-refractivity contribution in [2.75, 3.05) is 6.54 Å². The summed E-state index contributed by atoms with van der Waals surface area (Å²) in [5, 5.41) is 48.1. The normalized spacial score (nSPS) is 22.9. The molecule has 3 aliphatic carbocycles. The molecule has 3 aliphatic rings. The third-order valence-electron chi connectivity index (χ3n) is 9.30. The van der Waals surface area contributed by atoms with Gasteiger partial charge in [0.05, 0.1) is 5.56 Å². The van der Waals surface area contributed by atoms with E-state index in [2.05, 4.69) is 29.6 Å². The number of nitrogens with two attached hydrogens (primary N) is 1. The molecule has 9 heteroatoms. The number of aliphatic hydroxyl groups is 3. The molecular formula is C35H34N2O7. The van der Waals surface area contributed by atoms with Crippen molar-refractivity contribution in [2.45, 2.75) is 44.8 Å². The number of ketones is 2. The highest BCUT2D eigenvalue weighted by atomic mass is 16.3. The van der Waals surface area contributed by atoms with E-state index in [0.29, 0.717) is 12.1 Å². The van der Waals surface area contributed by atoms with Crippen molar-refractivity contribution in [3.05, 3.63) is 105 Å². The van der Waals surface area contributed by atoms with Crippen LogP contribution in [0.1, 0.15) is 40.7 Å². The first-order chi connectivity index (χ1) is 21.0. The predicted octanol–water partition coefficient (Wildman–Crippen LogP) is 3.73. The van der Waals surface area contributed by atoms with Gasteiger partial charge >= 0.3 is 0 Å². The van der Waals surface area contributed by atoms with Gasteiger partial charge in [-0.2, -0.15) is 0 Å². The average molecular weight is 595 g/mol. The molecule has 9 nitrogen and oxygen atoms in total. The van der Waals surface area contributed by atoms with Gasteiger partial charge in [-0.3, -0.25) is 14.4 Å². The van der Waals surface area contributed by atoms with E-state index >= 15 is 0 Å². The van der Waals surface area contributed by atoms with Crippen LogP contribution < -0.4 is 11.1 Å². The monoisotopic (exact) mass is 594 g/mol. The van der Waals surface area contributed by atoms with Crippen molar-refractivity contribution in [2.24, 2.45) is 17.6 Å². The van der Waals surface area contributed by atoms with Crippen LogP contribution in [0.25, 0.3) is 16.9 Å². The number of fused-ring (bicyclic) bond motifs is 3. The molecular weight excluding hydrogens is 560 g/mol. The van der Waals surface area contributed by atoms with E-state index in [4.69, 9.17) is 5.73 Å². The van der Waals surface area contributed by atoms with Gasteiger partial charge in [0.2, 0.25) is 5.78 Å². The van der Waals surface area contributed by atoms with Crippen LogP contribution >= 0.6 is 0 Å². The minimum atomic E-state index is -2.58. The number of phenolic OH excluding ortho intramolecular Hbond substituents is 1.